The Bertz CT molecular complexity index is 1100. The van der Waals surface area contributed by atoms with E-state index in [0.717, 1.165) is 16.5 Å². The first-order chi connectivity index (χ1) is 13.9. The Balaban J connectivity index is 1.54. The van der Waals surface area contributed by atoms with E-state index in [0.29, 0.717) is 18.7 Å². The molecule has 3 aromatic rings. The first-order valence-electron chi connectivity index (χ1n) is 9.32. The molecule has 7 heteroatoms. The number of carbonyl (C=O) groups excluding carboxylic acids is 1. The largest absolute Gasteiger partial charge is 0.334 e. The Labute approximate surface area is 171 Å². The van der Waals surface area contributed by atoms with Gasteiger partial charge in [0.2, 0.25) is 10.0 Å². The molecule has 3 rings (SSSR count). The van der Waals surface area contributed by atoms with Gasteiger partial charge in [0.25, 0.3) is 0 Å². The summed E-state index contributed by atoms with van der Waals surface area (Å²) < 4.78 is 25.5. The number of hydrogen-bond acceptors (Lipinski definition) is 3. The zero-order valence-electron chi connectivity index (χ0n) is 16.6. The average Bonchev–Trinajstić information content (AvgIpc) is 2.72. The van der Waals surface area contributed by atoms with Crippen molar-refractivity contribution in [2.24, 2.45) is 0 Å². The second kappa shape index (κ2) is 9.07. The van der Waals surface area contributed by atoms with Crippen LogP contribution in [0.1, 0.15) is 16.7 Å². The van der Waals surface area contributed by atoms with E-state index < -0.39 is 10.0 Å². The van der Waals surface area contributed by atoms with Gasteiger partial charge in [-0.2, -0.15) is 0 Å². The molecule has 0 heterocycles. The van der Waals surface area contributed by atoms with Crippen LogP contribution < -0.4 is 10.0 Å². The summed E-state index contributed by atoms with van der Waals surface area (Å²) in [6, 6.07) is 21.3. The molecule has 0 fully saturated rings. The highest BCUT2D eigenvalue weighted by Crippen LogP contribution is 2.16. The van der Waals surface area contributed by atoms with Gasteiger partial charge in [0.1, 0.15) is 0 Å². The molecule has 29 heavy (non-hydrogen) atoms. The molecule has 3 aromatic carbocycles. The van der Waals surface area contributed by atoms with Crippen LogP contribution in [0.5, 0.6) is 0 Å². The van der Waals surface area contributed by atoms with Crippen molar-refractivity contribution in [1.29, 1.82) is 0 Å². The average molecular weight is 412 g/mol. The van der Waals surface area contributed by atoms with Gasteiger partial charge in [0.15, 0.2) is 0 Å². The van der Waals surface area contributed by atoms with Gasteiger partial charge in [-0.05, 0) is 40.6 Å². The highest BCUT2D eigenvalue weighted by molar-refractivity contribution is 7.88. The predicted molar refractivity (Wildman–Crippen MR) is 116 cm³/mol. The molecule has 0 aliphatic heterocycles. The lowest BCUT2D eigenvalue weighted by Crippen LogP contribution is -2.36. The lowest BCUT2D eigenvalue weighted by Gasteiger charge is -2.18. The molecular formula is C22H25N3O3S. The van der Waals surface area contributed by atoms with Gasteiger partial charge in [-0.15, -0.1) is 0 Å². The standard InChI is InChI=1S/C22H25N3O3S/c1-23-29(27,28)16-18-9-7-17(8-10-18)14-24-22(26)25(2)15-19-11-12-20-5-3-4-6-21(20)13-19/h3-13,23H,14-16H2,1-2H3,(H,24,26). The number of amides is 2. The molecule has 0 saturated heterocycles. The molecule has 6 nitrogen and oxygen atoms in total. The summed E-state index contributed by atoms with van der Waals surface area (Å²) in [5.41, 5.74) is 2.67. The summed E-state index contributed by atoms with van der Waals surface area (Å²) in [6.45, 7) is 0.886. The third kappa shape index (κ3) is 5.79. The minimum absolute atomic E-state index is 0.0648. The summed E-state index contributed by atoms with van der Waals surface area (Å²) in [5.74, 6) is -0.0648. The fourth-order valence-corrected chi connectivity index (χ4v) is 3.82. The van der Waals surface area contributed by atoms with Crippen LogP contribution >= 0.6 is 0 Å². The maximum atomic E-state index is 12.4. The quantitative estimate of drug-likeness (QED) is 0.627. The molecule has 0 radical (unpaired) electrons. The number of rotatable bonds is 7. The fraction of sp³-hybridized carbons (Fsp3) is 0.227. The Morgan fingerprint density at radius 1 is 0.897 bits per heavy atom. The van der Waals surface area contributed by atoms with Crippen LogP contribution in [0.3, 0.4) is 0 Å². The number of nitrogens with zero attached hydrogens (tertiary/aromatic N) is 1. The van der Waals surface area contributed by atoms with Crippen molar-refractivity contribution in [2.45, 2.75) is 18.8 Å². The third-order valence-electron chi connectivity index (χ3n) is 4.71. The van der Waals surface area contributed by atoms with Gasteiger partial charge in [0.05, 0.1) is 5.75 Å². The number of benzene rings is 3. The molecule has 0 aliphatic carbocycles. The molecule has 0 saturated carbocycles. The van der Waals surface area contributed by atoms with Crippen LogP contribution in [0.25, 0.3) is 10.8 Å². The molecule has 152 valence electrons. The van der Waals surface area contributed by atoms with Crippen molar-refractivity contribution in [1.82, 2.24) is 14.9 Å². The number of carbonyl (C=O) groups is 1. The van der Waals surface area contributed by atoms with Crippen LogP contribution in [0, 0.1) is 0 Å². The van der Waals surface area contributed by atoms with Crippen molar-refractivity contribution in [2.75, 3.05) is 14.1 Å². The van der Waals surface area contributed by atoms with E-state index in [1.54, 1.807) is 24.1 Å². The van der Waals surface area contributed by atoms with E-state index in [4.69, 9.17) is 0 Å². The molecule has 0 atom stereocenters. The summed E-state index contributed by atoms with van der Waals surface area (Å²) in [5, 5.41) is 5.22. The Hall–Kier alpha value is -2.90. The fourth-order valence-electron chi connectivity index (χ4n) is 3.04. The van der Waals surface area contributed by atoms with Crippen LogP contribution in [0.4, 0.5) is 4.79 Å². The highest BCUT2D eigenvalue weighted by atomic mass is 32.2. The van der Waals surface area contributed by atoms with Crippen LogP contribution in [-0.4, -0.2) is 33.4 Å². The van der Waals surface area contributed by atoms with Crippen LogP contribution in [0.15, 0.2) is 66.7 Å². The smallest absolute Gasteiger partial charge is 0.317 e. The molecule has 2 amide bonds. The van der Waals surface area contributed by atoms with E-state index in [1.165, 1.54) is 12.4 Å². The second-order valence-electron chi connectivity index (χ2n) is 6.98. The number of urea groups is 1. The van der Waals surface area contributed by atoms with Gasteiger partial charge >= 0.3 is 6.03 Å². The zero-order valence-corrected chi connectivity index (χ0v) is 17.4. The molecular weight excluding hydrogens is 386 g/mol. The Morgan fingerprint density at radius 2 is 1.52 bits per heavy atom. The SMILES string of the molecule is CNS(=O)(=O)Cc1ccc(CNC(=O)N(C)Cc2ccc3ccccc3c2)cc1. The van der Waals surface area contributed by atoms with Gasteiger partial charge in [-0.1, -0.05) is 60.7 Å². The molecule has 0 aromatic heterocycles. The van der Waals surface area contributed by atoms with E-state index in [-0.39, 0.29) is 11.8 Å². The molecule has 0 unspecified atom stereocenters. The van der Waals surface area contributed by atoms with Crippen molar-refractivity contribution in [3.8, 4) is 0 Å². The van der Waals surface area contributed by atoms with E-state index in [2.05, 4.69) is 34.3 Å². The molecule has 0 aliphatic rings. The number of nitrogens with one attached hydrogen (secondary N) is 2. The highest BCUT2D eigenvalue weighted by Gasteiger charge is 2.10. The molecule has 0 bridgehead atoms. The van der Waals surface area contributed by atoms with Crippen molar-refractivity contribution in [3.63, 3.8) is 0 Å². The van der Waals surface area contributed by atoms with Gasteiger partial charge in [-0.25, -0.2) is 17.9 Å². The van der Waals surface area contributed by atoms with Gasteiger partial charge in [-0.3, -0.25) is 0 Å². The monoisotopic (exact) mass is 411 g/mol. The summed E-state index contributed by atoms with van der Waals surface area (Å²) >= 11 is 0. The van der Waals surface area contributed by atoms with Crippen LogP contribution in [0.2, 0.25) is 0 Å². The summed E-state index contributed by atoms with van der Waals surface area (Å²) in [6.07, 6.45) is 0. The number of hydrogen-bond donors (Lipinski definition) is 2. The Kier molecular flexibility index (Phi) is 6.51. The summed E-state index contributed by atoms with van der Waals surface area (Å²) in [4.78, 5) is 14.0. The van der Waals surface area contributed by atoms with Crippen LogP contribution in [-0.2, 0) is 28.9 Å². The maximum absolute atomic E-state index is 12.4. The van der Waals surface area contributed by atoms with E-state index in [9.17, 15) is 13.2 Å². The van der Waals surface area contributed by atoms with Gasteiger partial charge < -0.3 is 10.2 Å². The Morgan fingerprint density at radius 3 is 2.21 bits per heavy atom. The molecule has 0 spiro atoms. The lowest BCUT2D eigenvalue weighted by molar-refractivity contribution is 0.206. The first kappa shape index (κ1) is 20.8. The van der Waals surface area contributed by atoms with Crippen molar-refractivity contribution >= 4 is 26.8 Å². The first-order valence-corrected chi connectivity index (χ1v) is 11.0. The third-order valence-corrected chi connectivity index (χ3v) is 6.05. The number of fused-ring (bicyclic) bond motifs is 1. The zero-order chi connectivity index (χ0) is 20.9. The minimum atomic E-state index is -3.29. The predicted octanol–water partition coefficient (Wildman–Crippen LogP) is 3.23. The van der Waals surface area contributed by atoms with Crippen molar-refractivity contribution < 1.29 is 13.2 Å². The topological polar surface area (TPSA) is 78.5 Å². The van der Waals surface area contributed by atoms with E-state index in [1.807, 2.05) is 30.3 Å². The summed E-state index contributed by atoms with van der Waals surface area (Å²) in [7, 11) is -0.136. The molecule has 2 N–H and O–H groups in total. The number of sulfonamides is 1. The van der Waals surface area contributed by atoms with E-state index >= 15 is 0 Å². The maximum Gasteiger partial charge on any atom is 0.317 e. The normalized spacial score (nSPS) is 11.4. The van der Waals surface area contributed by atoms with Crippen molar-refractivity contribution in [3.05, 3.63) is 83.4 Å². The van der Waals surface area contributed by atoms with Gasteiger partial charge in [0, 0.05) is 20.1 Å². The lowest BCUT2D eigenvalue weighted by atomic mass is 10.1. The minimum Gasteiger partial charge on any atom is -0.334 e. The second-order valence-corrected chi connectivity index (χ2v) is 8.90.